The van der Waals surface area contributed by atoms with E-state index in [0.29, 0.717) is 0 Å². The standard InChI is InChI=1S/C12H11ClN2S/c13-10-4-1-3-9(7-10)11-8-16-12-14-5-2-6-15(11)12/h1,3-4,7-8H,2,5-6H2. The molecule has 2 aliphatic rings. The Balaban J connectivity index is 1.97. The topological polar surface area (TPSA) is 15.6 Å². The van der Waals surface area contributed by atoms with E-state index in [9.17, 15) is 0 Å². The number of halogens is 1. The van der Waals surface area contributed by atoms with Gasteiger partial charge in [0.1, 0.15) is 0 Å². The zero-order chi connectivity index (χ0) is 11.0. The summed E-state index contributed by atoms with van der Waals surface area (Å²) in [5.74, 6) is 0. The molecule has 0 atom stereocenters. The molecule has 82 valence electrons. The van der Waals surface area contributed by atoms with Crippen LogP contribution in [0.2, 0.25) is 5.02 Å². The van der Waals surface area contributed by atoms with Crippen LogP contribution in [0.15, 0.2) is 34.7 Å². The number of nitrogens with zero attached hydrogens (tertiary/aromatic N) is 2. The number of thioether (sulfide) groups is 1. The zero-order valence-electron chi connectivity index (χ0n) is 8.69. The number of fused-ring (bicyclic) bond motifs is 1. The predicted octanol–water partition coefficient (Wildman–Crippen LogP) is 3.45. The molecule has 2 heterocycles. The van der Waals surface area contributed by atoms with Gasteiger partial charge in [-0.25, -0.2) is 0 Å². The van der Waals surface area contributed by atoms with Crippen molar-refractivity contribution in [3.05, 3.63) is 40.3 Å². The minimum Gasteiger partial charge on any atom is -0.320 e. The molecule has 0 spiro atoms. The van der Waals surface area contributed by atoms with Crippen LogP contribution in [0.1, 0.15) is 12.0 Å². The van der Waals surface area contributed by atoms with E-state index in [0.717, 1.165) is 29.7 Å². The van der Waals surface area contributed by atoms with E-state index in [2.05, 4.69) is 21.4 Å². The third-order valence-electron chi connectivity index (χ3n) is 2.70. The lowest BCUT2D eigenvalue weighted by Crippen LogP contribution is -2.28. The molecule has 0 fully saturated rings. The smallest absolute Gasteiger partial charge is 0.168 e. The molecule has 0 unspecified atom stereocenters. The van der Waals surface area contributed by atoms with Gasteiger partial charge < -0.3 is 4.90 Å². The summed E-state index contributed by atoms with van der Waals surface area (Å²) in [6, 6.07) is 7.99. The van der Waals surface area contributed by atoms with E-state index in [1.807, 2.05) is 18.2 Å². The van der Waals surface area contributed by atoms with Crippen LogP contribution in [0.25, 0.3) is 5.70 Å². The number of aliphatic imine (C=N–C) groups is 1. The maximum atomic E-state index is 6.02. The third-order valence-corrected chi connectivity index (χ3v) is 3.84. The van der Waals surface area contributed by atoms with Crippen molar-refractivity contribution in [2.45, 2.75) is 6.42 Å². The molecule has 0 aromatic heterocycles. The predicted molar refractivity (Wildman–Crippen MR) is 70.6 cm³/mol. The average Bonchev–Trinajstić information content (AvgIpc) is 2.72. The summed E-state index contributed by atoms with van der Waals surface area (Å²) in [5, 5.41) is 4.07. The van der Waals surface area contributed by atoms with Crippen LogP contribution in [-0.2, 0) is 0 Å². The first-order valence-corrected chi connectivity index (χ1v) is 6.55. The molecule has 0 amide bonds. The van der Waals surface area contributed by atoms with Gasteiger partial charge in [0.25, 0.3) is 0 Å². The van der Waals surface area contributed by atoms with Crippen LogP contribution in [-0.4, -0.2) is 23.2 Å². The van der Waals surface area contributed by atoms with Gasteiger partial charge in [-0.2, -0.15) is 0 Å². The Hall–Kier alpha value is -0.930. The quantitative estimate of drug-likeness (QED) is 0.759. The van der Waals surface area contributed by atoms with E-state index >= 15 is 0 Å². The molecule has 0 saturated carbocycles. The lowest BCUT2D eigenvalue weighted by Gasteiger charge is -2.25. The fraction of sp³-hybridized carbons (Fsp3) is 0.250. The second-order valence-electron chi connectivity index (χ2n) is 3.80. The highest BCUT2D eigenvalue weighted by atomic mass is 35.5. The Morgan fingerprint density at radius 3 is 3.19 bits per heavy atom. The summed E-state index contributed by atoms with van der Waals surface area (Å²) < 4.78 is 0. The first kappa shape index (κ1) is 10.2. The SMILES string of the molecule is Clc1cccc(C2=CSC3=NCCCN23)c1. The normalized spacial score (nSPS) is 19.2. The Morgan fingerprint density at radius 1 is 1.38 bits per heavy atom. The summed E-state index contributed by atoms with van der Waals surface area (Å²) >= 11 is 7.72. The Bertz CT molecular complexity index is 482. The van der Waals surface area contributed by atoms with Gasteiger partial charge >= 0.3 is 0 Å². The van der Waals surface area contributed by atoms with Crippen molar-refractivity contribution >= 4 is 34.2 Å². The van der Waals surface area contributed by atoms with E-state index in [1.54, 1.807) is 11.8 Å². The lowest BCUT2D eigenvalue weighted by atomic mass is 10.1. The largest absolute Gasteiger partial charge is 0.320 e. The van der Waals surface area contributed by atoms with Crippen molar-refractivity contribution in [3.8, 4) is 0 Å². The van der Waals surface area contributed by atoms with Gasteiger partial charge in [0.2, 0.25) is 0 Å². The van der Waals surface area contributed by atoms with Gasteiger partial charge in [-0.1, -0.05) is 35.5 Å². The monoisotopic (exact) mass is 250 g/mol. The number of benzene rings is 1. The van der Waals surface area contributed by atoms with Crippen molar-refractivity contribution < 1.29 is 0 Å². The van der Waals surface area contributed by atoms with Crippen LogP contribution in [0.3, 0.4) is 0 Å². The third kappa shape index (κ3) is 1.74. The molecule has 16 heavy (non-hydrogen) atoms. The fourth-order valence-corrected chi connectivity index (χ4v) is 3.11. The molecule has 0 saturated heterocycles. The number of hydrogen-bond acceptors (Lipinski definition) is 3. The molecular weight excluding hydrogens is 240 g/mol. The minimum absolute atomic E-state index is 0.783. The van der Waals surface area contributed by atoms with Crippen LogP contribution < -0.4 is 0 Å². The molecule has 4 heteroatoms. The summed E-state index contributed by atoms with van der Waals surface area (Å²) in [6.45, 7) is 2.01. The van der Waals surface area contributed by atoms with Crippen LogP contribution in [0.4, 0.5) is 0 Å². The molecule has 2 nitrogen and oxygen atoms in total. The molecule has 0 N–H and O–H groups in total. The number of hydrogen-bond donors (Lipinski definition) is 0. The summed E-state index contributed by atoms with van der Waals surface area (Å²) in [7, 11) is 0. The van der Waals surface area contributed by atoms with Crippen molar-refractivity contribution in [2.75, 3.05) is 13.1 Å². The first-order chi connectivity index (χ1) is 7.84. The van der Waals surface area contributed by atoms with Gasteiger partial charge in [0.05, 0.1) is 5.70 Å². The second kappa shape index (κ2) is 4.15. The van der Waals surface area contributed by atoms with Gasteiger partial charge in [0.15, 0.2) is 5.17 Å². The Kier molecular flexibility index (Phi) is 2.65. The van der Waals surface area contributed by atoms with Crippen LogP contribution in [0, 0.1) is 0 Å². The van der Waals surface area contributed by atoms with Gasteiger partial charge in [-0.3, -0.25) is 4.99 Å². The van der Waals surface area contributed by atoms with Gasteiger partial charge in [-0.05, 0) is 18.6 Å². The minimum atomic E-state index is 0.783. The van der Waals surface area contributed by atoms with Crippen molar-refractivity contribution in [2.24, 2.45) is 4.99 Å². The maximum absolute atomic E-state index is 6.02. The summed E-state index contributed by atoms with van der Waals surface area (Å²) in [5.41, 5.74) is 2.40. The molecule has 2 aliphatic heterocycles. The van der Waals surface area contributed by atoms with Gasteiger partial charge in [-0.15, -0.1) is 0 Å². The van der Waals surface area contributed by atoms with Crippen LogP contribution in [0.5, 0.6) is 0 Å². The lowest BCUT2D eigenvalue weighted by molar-refractivity contribution is 0.542. The van der Waals surface area contributed by atoms with Crippen molar-refractivity contribution in [3.63, 3.8) is 0 Å². The highest BCUT2D eigenvalue weighted by molar-refractivity contribution is 8.16. The van der Waals surface area contributed by atoms with E-state index in [4.69, 9.17) is 11.6 Å². The Labute approximate surface area is 104 Å². The van der Waals surface area contributed by atoms with Crippen molar-refractivity contribution in [1.29, 1.82) is 0 Å². The molecule has 3 rings (SSSR count). The molecule has 1 aromatic carbocycles. The van der Waals surface area contributed by atoms with E-state index < -0.39 is 0 Å². The average molecular weight is 251 g/mol. The molecule has 0 bridgehead atoms. The fourth-order valence-electron chi connectivity index (χ4n) is 1.95. The van der Waals surface area contributed by atoms with Gasteiger partial charge in [0, 0.05) is 29.1 Å². The van der Waals surface area contributed by atoms with Crippen LogP contribution >= 0.6 is 23.4 Å². The number of amidine groups is 1. The second-order valence-corrected chi connectivity index (χ2v) is 5.07. The zero-order valence-corrected chi connectivity index (χ0v) is 10.3. The van der Waals surface area contributed by atoms with E-state index in [1.165, 1.54) is 11.3 Å². The summed E-state index contributed by atoms with van der Waals surface area (Å²) in [6.07, 6.45) is 1.13. The van der Waals surface area contributed by atoms with E-state index in [-0.39, 0.29) is 0 Å². The molecular formula is C12H11ClN2S. The first-order valence-electron chi connectivity index (χ1n) is 5.29. The highest BCUT2D eigenvalue weighted by Crippen LogP contribution is 2.35. The summed E-state index contributed by atoms with van der Waals surface area (Å²) in [4.78, 5) is 6.79. The van der Waals surface area contributed by atoms with Crippen molar-refractivity contribution in [1.82, 2.24) is 4.90 Å². The molecule has 0 aliphatic carbocycles. The molecule has 1 aromatic rings. The Morgan fingerprint density at radius 2 is 2.31 bits per heavy atom. The molecule has 0 radical (unpaired) electrons. The maximum Gasteiger partial charge on any atom is 0.168 e. The highest BCUT2D eigenvalue weighted by Gasteiger charge is 2.25. The number of rotatable bonds is 1.